The van der Waals surface area contributed by atoms with Crippen LogP contribution in [-0.2, 0) is 0 Å². The molecule has 1 aromatic carbocycles. The van der Waals surface area contributed by atoms with Crippen molar-refractivity contribution in [3.63, 3.8) is 0 Å². The molecule has 1 amide bonds. The topological polar surface area (TPSA) is 68.0 Å². The number of aryl methyl sites for hydroxylation is 1. The van der Waals surface area contributed by atoms with Crippen LogP contribution in [0.25, 0.3) is 22.0 Å². The first kappa shape index (κ1) is 16.6. The molecule has 4 rings (SSSR count). The molecule has 0 aliphatic rings. The van der Waals surface area contributed by atoms with Crippen LogP contribution < -0.4 is 5.32 Å². The van der Waals surface area contributed by atoms with Crippen molar-refractivity contribution in [1.29, 1.82) is 0 Å². The van der Waals surface area contributed by atoms with Gasteiger partial charge in [0.05, 0.1) is 12.0 Å². The van der Waals surface area contributed by atoms with Crippen molar-refractivity contribution >= 4 is 33.7 Å². The Morgan fingerprint density at radius 2 is 2.12 bits per heavy atom. The number of aromatic nitrogens is 2. The lowest BCUT2D eigenvalue weighted by Gasteiger charge is -1.99. The van der Waals surface area contributed by atoms with E-state index in [1.807, 2.05) is 6.92 Å². The molecule has 8 heteroatoms. The second-order valence-electron chi connectivity index (χ2n) is 5.40. The number of benzene rings is 1. The molecule has 3 heterocycles. The molecular formula is C18H12FN3O2S2. The Morgan fingerprint density at radius 3 is 2.88 bits per heavy atom. The Bertz CT molecular complexity index is 1070. The normalized spacial score (nSPS) is 10.8. The number of hydrogen-bond donors (Lipinski definition) is 1. The predicted molar refractivity (Wildman–Crippen MR) is 100 cm³/mol. The maximum absolute atomic E-state index is 13.3. The summed E-state index contributed by atoms with van der Waals surface area (Å²) in [6, 6.07) is 9.74. The van der Waals surface area contributed by atoms with Gasteiger partial charge in [0.15, 0.2) is 15.9 Å². The molecule has 0 spiro atoms. The van der Waals surface area contributed by atoms with Crippen molar-refractivity contribution in [2.75, 3.05) is 5.32 Å². The zero-order valence-electron chi connectivity index (χ0n) is 13.5. The molecule has 0 aliphatic carbocycles. The van der Waals surface area contributed by atoms with Gasteiger partial charge in [0.25, 0.3) is 5.91 Å². The summed E-state index contributed by atoms with van der Waals surface area (Å²) in [5.74, 6) is -0.0406. The fourth-order valence-electron chi connectivity index (χ4n) is 2.38. The first-order chi connectivity index (χ1) is 12.6. The monoisotopic (exact) mass is 385 g/mol. The number of halogens is 1. The predicted octanol–water partition coefficient (Wildman–Crippen LogP) is 5.23. The lowest BCUT2D eigenvalue weighted by atomic mass is 10.2. The maximum Gasteiger partial charge on any atom is 0.277 e. The van der Waals surface area contributed by atoms with Gasteiger partial charge in [-0.25, -0.2) is 14.4 Å². The van der Waals surface area contributed by atoms with Crippen LogP contribution in [0, 0.1) is 12.7 Å². The van der Waals surface area contributed by atoms with Gasteiger partial charge < -0.3 is 4.42 Å². The van der Waals surface area contributed by atoms with E-state index in [4.69, 9.17) is 4.42 Å². The minimum atomic E-state index is -0.336. The molecule has 0 saturated heterocycles. The lowest BCUT2D eigenvalue weighted by Crippen LogP contribution is -2.13. The smallest absolute Gasteiger partial charge is 0.277 e. The third-order valence-corrected chi connectivity index (χ3v) is 5.33. The quantitative estimate of drug-likeness (QED) is 0.522. The summed E-state index contributed by atoms with van der Waals surface area (Å²) < 4.78 is 18.7. The van der Waals surface area contributed by atoms with Crippen LogP contribution in [0.15, 0.2) is 52.5 Å². The second-order valence-corrected chi connectivity index (χ2v) is 7.46. The van der Waals surface area contributed by atoms with E-state index in [1.54, 1.807) is 35.9 Å². The highest BCUT2D eigenvalue weighted by Gasteiger charge is 2.19. The molecule has 5 nitrogen and oxygen atoms in total. The molecule has 0 radical (unpaired) electrons. The molecule has 0 unspecified atom stereocenters. The van der Waals surface area contributed by atoms with Gasteiger partial charge >= 0.3 is 0 Å². The number of nitrogens with one attached hydrogen (secondary N) is 1. The van der Waals surface area contributed by atoms with Crippen LogP contribution in [0.2, 0.25) is 0 Å². The van der Waals surface area contributed by atoms with Gasteiger partial charge in [-0.1, -0.05) is 12.1 Å². The van der Waals surface area contributed by atoms with Gasteiger partial charge in [0, 0.05) is 15.8 Å². The van der Waals surface area contributed by atoms with Gasteiger partial charge in [-0.05, 0) is 31.2 Å². The van der Waals surface area contributed by atoms with Gasteiger partial charge in [-0.15, -0.1) is 22.7 Å². The van der Waals surface area contributed by atoms with E-state index >= 15 is 0 Å². The first-order valence-corrected chi connectivity index (χ1v) is 9.34. The van der Waals surface area contributed by atoms with Gasteiger partial charge in [-0.3, -0.25) is 10.1 Å². The van der Waals surface area contributed by atoms with E-state index in [1.165, 1.54) is 34.8 Å². The van der Waals surface area contributed by atoms with Crippen molar-refractivity contribution in [2.45, 2.75) is 6.92 Å². The molecule has 130 valence electrons. The van der Waals surface area contributed by atoms with E-state index in [9.17, 15) is 9.18 Å². The van der Waals surface area contributed by atoms with E-state index in [0.717, 1.165) is 4.88 Å². The van der Waals surface area contributed by atoms with Crippen molar-refractivity contribution in [1.82, 2.24) is 9.97 Å². The summed E-state index contributed by atoms with van der Waals surface area (Å²) in [5.41, 5.74) is 1.60. The number of anilines is 1. The first-order valence-electron chi connectivity index (χ1n) is 7.64. The van der Waals surface area contributed by atoms with Gasteiger partial charge in [0.1, 0.15) is 11.5 Å². The molecule has 4 aromatic rings. The zero-order valence-corrected chi connectivity index (χ0v) is 15.2. The van der Waals surface area contributed by atoms with Crippen LogP contribution in [0.4, 0.5) is 9.52 Å². The standard InChI is InChI=1S/C18H12FN3O2S2/c1-10-15(21-17(26-10)14-6-3-7-24-14)16(23)22-18-20-13(9-25-18)11-4-2-5-12(19)8-11/h2-9H,1H3,(H,20,22,23). The summed E-state index contributed by atoms with van der Waals surface area (Å²) >= 11 is 2.67. The lowest BCUT2D eigenvalue weighted by molar-refractivity contribution is 0.102. The third kappa shape index (κ3) is 3.29. The van der Waals surface area contributed by atoms with Crippen LogP contribution in [0.1, 0.15) is 15.4 Å². The number of nitrogens with zero attached hydrogens (tertiary/aromatic N) is 2. The Hall–Kier alpha value is -2.84. The van der Waals surface area contributed by atoms with Crippen LogP contribution in [-0.4, -0.2) is 15.9 Å². The molecule has 3 aromatic heterocycles. The molecule has 0 bridgehead atoms. The Labute approximate surface area is 156 Å². The third-order valence-electron chi connectivity index (χ3n) is 3.59. The molecule has 0 fully saturated rings. The van der Waals surface area contributed by atoms with Crippen LogP contribution in [0.5, 0.6) is 0 Å². The van der Waals surface area contributed by atoms with Crippen LogP contribution >= 0.6 is 22.7 Å². The number of rotatable bonds is 4. The van der Waals surface area contributed by atoms with Crippen molar-refractivity contribution < 1.29 is 13.6 Å². The highest BCUT2D eigenvalue weighted by Crippen LogP contribution is 2.29. The van der Waals surface area contributed by atoms with Crippen molar-refractivity contribution in [3.8, 4) is 22.0 Å². The fourth-order valence-corrected chi connectivity index (χ4v) is 3.97. The molecule has 0 saturated carbocycles. The largest absolute Gasteiger partial charge is 0.462 e. The Balaban J connectivity index is 1.54. The SMILES string of the molecule is Cc1sc(-c2ccco2)nc1C(=O)Nc1nc(-c2cccc(F)c2)cs1. The van der Waals surface area contributed by atoms with E-state index in [2.05, 4.69) is 15.3 Å². The molecule has 0 atom stereocenters. The number of thiazole rings is 2. The molecule has 1 N–H and O–H groups in total. The van der Waals surface area contributed by atoms with Crippen molar-refractivity contribution in [2.24, 2.45) is 0 Å². The number of amides is 1. The summed E-state index contributed by atoms with van der Waals surface area (Å²) in [4.78, 5) is 22.0. The highest BCUT2D eigenvalue weighted by atomic mass is 32.1. The van der Waals surface area contributed by atoms with E-state index < -0.39 is 0 Å². The number of furan rings is 1. The maximum atomic E-state index is 13.3. The van der Waals surface area contributed by atoms with E-state index in [-0.39, 0.29) is 11.7 Å². The number of hydrogen-bond acceptors (Lipinski definition) is 6. The highest BCUT2D eigenvalue weighted by molar-refractivity contribution is 7.15. The molecule has 0 aliphatic heterocycles. The van der Waals surface area contributed by atoms with Gasteiger partial charge in [0.2, 0.25) is 0 Å². The fraction of sp³-hybridized carbons (Fsp3) is 0.0556. The average molecular weight is 385 g/mol. The van der Waals surface area contributed by atoms with Crippen LogP contribution in [0.3, 0.4) is 0 Å². The Kier molecular flexibility index (Phi) is 4.36. The summed E-state index contributed by atoms with van der Waals surface area (Å²) in [7, 11) is 0. The molecule has 26 heavy (non-hydrogen) atoms. The molecular weight excluding hydrogens is 373 g/mol. The van der Waals surface area contributed by atoms with E-state index in [0.29, 0.717) is 32.9 Å². The average Bonchev–Trinajstić information content (AvgIpc) is 3.34. The second kappa shape index (κ2) is 6.81. The minimum absolute atomic E-state index is 0.329. The summed E-state index contributed by atoms with van der Waals surface area (Å²) in [5, 5.41) is 5.60. The number of carbonyl (C=O) groups excluding carboxylic acids is 1. The Morgan fingerprint density at radius 1 is 1.23 bits per heavy atom. The van der Waals surface area contributed by atoms with Gasteiger partial charge in [-0.2, -0.15) is 0 Å². The summed E-state index contributed by atoms with van der Waals surface area (Å²) in [6.45, 7) is 1.83. The van der Waals surface area contributed by atoms with Crippen molar-refractivity contribution in [3.05, 3.63) is 64.4 Å². The minimum Gasteiger partial charge on any atom is -0.462 e. The zero-order chi connectivity index (χ0) is 18.1. The summed E-state index contributed by atoms with van der Waals surface area (Å²) in [6.07, 6.45) is 1.56. The number of carbonyl (C=O) groups is 1.